The maximum Gasteiger partial charge on any atom is 0.165 e. The molecule has 0 spiro atoms. The molecule has 2 N–H and O–H groups in total. The summed E-state index contributed by atoms with van der Waals surface area (Å²) in [5.74, 6) is -0.451. The van der Waals surface area contributed by atoms with Crippen LogP contribution in [0.3, 0.4) is 0 Å². The lowest BCUT2D eigenvalue weighted by molar-refractivity contribution is -0.121. The fraction of sp³-hybridized carbons (Fsp3) is 0.520. The Bertz CT molecular complexity index is 965. The summed E-state index contributed by atoms with van der Waals surface area (Å²) >= 11 is 6.05. The van der Waals surface area contributed by atoms with Gasteiger partial charge in [-0.2, -0.15) is 0 Å². The first-order valence-corrected chi connectivity index (χ1v) is 11.6. The van der Waals surface area contributed by atoms with Gasteiger partial charge in [0.2, 0.25) is 0 Å². The molecule has 2 aromatic rings. The van der Waals surface area contributed by atoms with Gasteiger partial charge >= 0.3 is 0 Å². The summed E-state index contributed by atoms with van der Waals surface area (Å²) in [6.07, 6.45) is 5.98. The number of aliphatic hydroxyl groups is 1. The van der Waals surface area contributed by atoms with Gasteiger partial charge < -0.3 is 15.2 Å². The normalized spacial score (nSPS) is 30.1. The Morgan fingerprint density at radius 3 is 2.52 bits per heavy atom. The second kappa shape index (κ2) is 8.02. The molecule has 3 aliphatic rings. The lowest BCUT2D eigenvalue weighted by Crippen LogP contribution is -2.65. The quantitative estimate of drug-likeness (QED) is 0.664. The van der Waals surface area contributed by atoms with E-state index >= 15 is 4.39 Å². The zero-order valence-corrected chi connectivity index (χ0v) is 18.2. The predicted octanol–water partition coefficient (Wildman–Crippen LogP) is 5.16. The Kier molecular flexibility index (Phi) is 5.48. The largest absolute Gasteiger partial charge is 0.487 e. The monoisotopic (exact) mass is 447 g/mol. The molecular weight excluding hydrogens is 420 g/mol. The van der Waals surface area contributed by atoms with Crippen molar-refractivity contribution < 1.29 is 18.6 Å². The zero-order chi connectivity index (χ0) is 21.6. The molecule has 2 aliphatic carbocycles. The molecular formula is C25H28ClF2NO2. The van der Waals surface area contributed by atoms with Crippen molar-refractivity contribution in [3.05, 3.63) is 64.2 Å². The number of ether oxygens (including phenoxy) is 1. The number of hydrogen-bond acceptors (Lipinski definition) is 3. The standard InChI is InChI=1S/C25H28ClF2NO2/c26-18-6-4-16(5-7-18)12-24-11-10-19(29-14-17-2-1-3-17)13-25(24,30)15-31-23-21(28)9-8-20(27)22(23)24/h4-9,17,19,29-30H,1-3,10-15H2/t19-,24?,25+/m1/s1. The molecule has 1 unspecified atom stereocenters. The molecule has 0 radical (unpaired) electrons. The van der Waals surface area contributed by atoms with Crippen molar-refractivity contribution in [2.45, 2.75) is 62.0 Å². The lowest BCUT2D eigenvalue weighted by Gasteiger charge is -2.55. The van der Waals surface area contributed by atoms with Crippen molar-refractivity contribution in [1.29, 1.82) is 0 Å². The van der Waals surface area contributed by atoms with Crippen LogP contribution in [0.25, 0.3) is 0 Å². The van der Waals surface area contributed by atoms with Crippen molar-refractivity contribution in [3.8, 4) is 5.75 Å². The van der Waals surface area contributed by atoms with Gasteiger partial charge in [0.05, 0.1) is 0 Å². The predicted molar refractivity (Wildman–Crippen MR) is 117 cm³/mol. The molecule has 2 saturated carbocycles. The third kappa shape index (κ3) is 3.65. The Hall–Kier alpha value is -1.69. The maximum absolute atomic E-state index is 15.2. The summed E-state index contributed by atoms with van der Waals surface area (Å²) < 4.78 is 35.5. The van der Waals surface area contributed by atoms with Gasteiger partial charge in [0.15, 0.2) is 11.6 Å². The molecule has 1 aliphatic heterocycles. The van der Waals surface area contributed by atoms with Crippen molar-refractivity contribution in [2.24, 2.45) is 5.92 Å². The van der Waals surface area contributed by atoms with E-state index in [0.717, 1.165) is 30.7 Å². The van der Waals surface area contributed by atoms with Crippen molar-refractivity contribution >= 4 is 11.6 Å². The Labute approximate surface area is 186 Å². The minimum atomic E-state index is -1.30. The molecule has 1 heterocycles. The average Bonchev–Trinajstić information content (AvgIpc) is 2.71. The third-order valence-electron chi connectivity index (χ3n) is 7.73. The number of nitrogens with one attached hydrogen (secondary N) is 1. The van der Waals surface area contributed by atoms with Gasteiger partial charge in [-0.05, 0) is 80.8 Å². The van der Waals surface area contributed by atoms with Crippen LogP contribution in [0.4, 0.5) is 8.78 Å². The molecule has 31 heavy (non-hydrogen) atoms. The zero-order valence-electron chi connectivity index (χ0n) is 17.5. The first-order chi connectivity index (χ1) is 14.9. The van der Waals surface area contributed by atoms with E-state index in [1.165, 1.54) is 19.3 Å². The maximum atomic E-state index is 15.2. The van der Waals surface area contributed by atoms with Gasteiger partial charge in [0, 0.05) is 22.0 Å². The molecule has 3 atom stereocenters. The van der Waals surface area contributed by atoms with Crippen LogP contribution in [-0.2, 0) is 11.8 Å². The van der Waals surface area contributed by atoms with Crippen LogP contribution >= 0.6 is 11.6 Å². The van der Waals surface area contributed by atoms with E-state index in [0.29, 0.717) is 30.2 Å². The minimum Gasteiger partial charge on any atom is -0.487 e. The number of benzene rings is 2. The highest BCUT2D eigenvalue weighted by molar-refractivity contribution is 6.30. The van der Waals surface area contributed by atoms with Gasteiger partial charge in [-0.3, -0.25) is 0 Å². The van der Waals surface area contributed by atoms with Crippen molar-refractivity contribution in [3.63, 3.8) is 0 Å². The summed E-state index contributed by atoms with van der Waals surface area (Å²) in [5.41, 5.74) is -1.16. The molecule has 2 fully saturated rings. The second-order valence-corrected chi connectivity index (χ2v) is 10.0. The number of hydrogen-bond donors (Lipinski definition) is 2. The van der Waals surface area contributed by atoms with Crippen LogP contribution < -0.4 is 10.1 Å². The van der Waals surface area contributed by atoms with Crippen LogP contribution in [0, 0.1) is 17.6 Å². The Morgan fingerprint density at radius 2 is 1.81 bits per heavy atom. The van der Waals surface area contributed by atoms with Crippen molar-refractivity contribution in [2.75, 3.05) is 13.2 Å². The van der Waals surface area contributed by atoms with Gasteiger partial charge in [-0.1, -0.05) is 30.2 Å². The van der Waals surface area contributed by atoms with Crippen LogP contribution in [0.15, 0.2) is 36.4 Å². The van der Waals surface area contributed by atoms with Crippen LogP contribution in [0.1, 0.15) is 49.7 Å². The van der Waals surface area contributed by atoms with E-state index in [-0.39, 0.29) is 24.0 Å². The van der Waals surface area contributed by atoms with E-state index in [1.54, 1.807) is 12.1 Å². The molecule has 0 saturated heterocycles. The summed E-state index contributed by atoms with van der Waals surface area (Å²) in [7, 11) is 0. The number of halogens is 3. The molecule has 2 aromatic carbocycles. The Morgan fingerprint density at radius 1 is 1.06 bits per heavy atom. The van der Waals surface area contributed by atoms with E-state index in [2.05, 4.69) is 5.32 Å². The van der Waals surface area contributed by atoms with Crippen LogP contribution in [0.5, 0.6) is 5.75 Å². The first kappa shape index (κ1) is 21.2. The topological polar surface area (TPSA) is 41.5 Å². The molecule has 5 rings (SSSR count). The molecule has 0 amide bonds. The van der Waals surface area contributed by atoms with Crippen LogP contribution in [-0.4, -0.2) is 29.9 Å². The highest BCUT2D eigenvalue weighted by atomic mass is 35.5. The van der Waals surface area contributed by atoms with E-state index < -0.39 is 22.7 Å². The van der Waals surface area contributed by atoms with Gasteiger partial charge in [0.1, 0.15) is 18.0 Å². The minimum absolute atomic E-state index is 0.0461. The highest BCUT2D eigenvalue weighted by Crippen LogP contribution is 2.55. The summed E-state index contributed by atoms with van der Waals surface area (Å²) in [4.78, 5) is 0. The van der Waals surface area contributed by atoms with Gasteiger partial charge in [0.25, 0.3) is 0 Å². The SMILES string of the molecule is O[C@@]12COc3c(F)ccc(F)c3C1(Cc1ccc(Cl)cc1)CC[C@@H](NCC1CCC1)C2. The van der Waals surface area contributed by atoms with Crippen LogP contribution in [0.2, 0.25) is 5.02 Å². The second-order valence-electron chi connectivity index (χ2n) is 9.58. The van der Waals surface area contributed by atoms with Gasteiger partial charge in [-0.15, -0.1) is 0 Å². The Balaban J connectivity index is 1.52. The van der Waals surface area contributed by atoms with Crippen molar-refractivity contribution in [1.82, 2.24) is 5.32 Å². The molecule has 166 valence electrons. The third-order valence-corrected chi connectivity index (χ3v) is 7.98. The molecule has 3 nitrogen and oxygen atoms in total. The average molecular weight is 448 g/mol. The number of fused-ring (bicyclic) bond motifs is 3. The fourth-order valence-corrected chi connectivity index (χ4v) is 5.85. The van der Waals surface area contributed by atoms with E-state index in [4.69, 9.17) is 16.3 Å². The number of rotatable bonds is 5. The summed E-state index contributed by atoms with van der Waals surface area (Å²) in [6, 6.07) is 9.75. The van der Waals surface area contributed by atoms with E-state index in [9.17, 15) is 9.50 Å². The summed E-state index contributed by atoms with van der Waals surface area (Å²) in [5, 5.41) is 16.2. The summed E-state index contributed by atoms with van der Waals surface area (Å²) in [6.45, 7) is 0.904. The first-order valence-electron chi connectivity index (χ1n) is 11.2. The smallest absolute Gasteiger partial charge is 0.165 e. The molecule has 6 heteroatoms. The molecule has 0 bridgehead atoms. The molecule has 0 aromatic heterocycles. The lowest BCUT2D eigenvalue weighted by atomic mass is 9.55. The van der Waals surface area contributed by atoms with Gasteiger partial charge in [-0.25, -0.2) is 8.78 Å². The fourth-order valence-electron chi connectivity index (χ4n) is 5.72. The van der Waals surface area contributed by atoms with E-state index in [1.807, 2.05) is 12.1 Å². The highest BCUT2D eigenvalue weighted by Gasteiger charge is 2.60.